The highest BCUT2D eigenvalue weighted by Gasteiger charge is 2.23. The number of halogens is 2. The van der Waals surface area contributed by atoms with Crippen molar-refractivity contribution in [2.24, 2.45) is 5.92 Å². The lowest BCUT2D eigenvalue weighted by atomic mass is 9.93. The SMILES string of the molecule is CC(C)Nc1cc(-c2c[nH]c(C(=O)N[C@H](CO)C3C=C(Cl)C=CC3)c2)c(Cl)cn1. The van der Waals surface area contributed by atoms with Gasteiger partial charge in [0.2, 0.25) is 0 Å². The summed E-state index contributed by atoms with van der Waals surface area (Å²) in [6.07, 6.45) is 9.61. The lowest BCUT2D eigenvalue weighted by Gasteiger charge is -2.24. The normalized spacial score (nSPS) is 17.2. The quantitative estimate of drug-likeness (QED) is 0.521. The summed E-state index contributed by atoms with van der Waals surface area (Å²) in [5.74, 6) is 0.344. The first-order valence-corrected chi connectivity index (χ1v) is 10.2. The van der Waals surface area contributed by atoms with E-state index in [9.17, 15) is 9.90 Å². The fourth-order valence-electron chi connectivity index (χ4n) is 3.20. The fourth-order valence-corrected chi connectivity index (χ4v) is 3.66. The van der Waals surface area contributed by atoms with Crippen LogP contribution in [0.15, 0.2) is 47.8 Å². The molecule has 2 aromatic heterocycles. The summed E-state index contributed by atoms with van der Waals surface area (Å²) in [5, 5.41) is 16.9. The van der Waals surface area contributed by atoms with E-state index in [1.165, 1.54) is 0 Å². The number of aliphatic hydroxyl groups excluding tert-OH is 1. The molecule has 1 unspecified atom stereocenters. The summed E-state index contributed by atoms with van der Waals surface area (Å²) in [5.41, 5.74) is 1.93. The lowest BCUT2D eigenvalue weighted by molar-refractivity contribution is 0.0895. The van der Waals surface area contributed by atoms with E-state index in [0.29, 0.717) is 28.0 Å². The maximum absolute atomic E-state index is 12.7. The average molecular weight is 435 g/mol. The van der Waals surface area contributed by atoms with Gasteiger partial charge in [0.1, 0.15) is 11.5 Å². The number of hydrogen-bond donors (Lipinski definition) is 4. The number of carbonyl (C=O) groups excluding carboxylic acids is 1. The van der Waals surface area contributed by atoms with E-state index in [0.717, 1.165) is 11.1 Å². The lowest BCUT2D eigenvalue weighted by Crippen LogP contribution is -2.42. The van der Waals surface area contributed by atoms with Gasteiger partial charge in [0.05, 0.1) is 17.7 Å². The zero-order valence-electron chi connectivity index (χ0n) is 16.2. The first-order chi connectivity index (χ1) is 13.9. The van der Waals surface area contributed by atoms with Crippen LogP contribution >= 0.6 is 23.2 Å². The Bertz CT molecular complexity index is 937. The predicted molar refractivity (Wildman–Crippen MR) is 117 cm³/mol. The van der Waals surface area contributed by atoms with Gasteiger partial charge in [0, 0.05) is 40.5 Å². The molecular formula is C21H24Cl2N4O2. The summed E-state index contributed by atoms with van der Waals surface area (Å²) in [6, 6.07) is 3.38. The molecule has 0 radical (unpaired) electrons. The van der Waals surface area contributed by atoms with Gasteiger partial charge >= 0.3 is 0 Å². The summed E-state index contributed by atoms with van der Waals surface area (Å²) in [4.78, 5) is 20.0. The van der Waals surface area contributed by atoms with Crippen LogP contribution in [0, 0.1) is 5.92 Å². The first-order valence-electron chi connectivity index (χ1n) is 9.43. The molecule has 4 N–H and O–H groups in total. The van der Waals surface area contributed by atoms with Gasteiger partial charge in [-0.15, -0.1) is 0 Å². The number of aromatic amines is 1. The number of aliphatic hydroxyl groups is 1. The van der Waals surface area contributed by atoms with E-state index < -0.39 is 6.04 Å². The number of rotatable bonds is 7. The Kier molecular flexibility index (Phi) is 7.00. The summed E-state index contributed by atoms with van der Waals surface area (Å²) >= 11 is 12.4. The third kappa shape index (κ3) is 5.41. The van der Waals surface area contributed by atoms with Crippen molar-refractivity contribution >= 4 is 34.9 Å². The maximum atomic E-state index is 12.7. The van der Waals surface area contributed by atoms with Crippen LogP contribution in [0.25, 0.3) is 11.1 Å². The number of hydrogen-bond acceptors (Lipinski definition) is 4. The molecular weight excluding hydrogens is 411 g/mol. The molecule has 29 heavy (non-hydrogen) atoms. The zero-order chi connectivity index (χ0) is 21.0. The van der Waals surface area contributed by atoms with Gasteiger partial charge in [-0.05, 0) is 38.5 Å². The molecule has 8 heteroatoms. The standard InChI is InChI=1S/C21H24Cl2N4O2/c1-12(2)26-20-8-16(17(23)10-25-20)14-7-18(24-9-14)21(29)27-19(11-28)13-4-3-5-15(22)6-13/h3,5-10,12-13,19,24,28H,4,11H2,1-2H3,(H,25,26)(H,27,29)/t13?,19-/m1/s1. The van der Waals surface area contributed by atoms with E-state index >= 15 is 0 Å². The van der Waals surface area contributed by atoms with Crippen molar-refractivity contribution in [3.63, 3.8) is 0 Å². The van der Waals surface area contributed by atoms with Gasteiger partial charge in [-0.25, -0.2) is 4.98 Å². The molecule has 0 spiro atoms. The van der Waals surface area contributed by atoms with Crippen LogP contribution in [0.5, 0.6) is 0 Å². The average Bonchev–Trinajstić information content (AvgIpc) is 3.17. The third-order valence-corrected chi connectivity index (χ3v) is 5.17. The number of nitrogens with zero attached hydrogens (tertiary/aromatic N) is 1. The number of H-pyrrole nitrogens is 1. The maximum Gasteiger partial charge on any atom is 0.268 e. The number of allylic oxidation sites excluding steroid dienone is 3. The van der Waals surface area contributed by atoms with Gasteiger partial charge in [-0.1, -0.05) is 35.4 Å². The highest BCUT2D eigenvalue weighted by atomic mass is 35.5. The summed E-state index contributed by atoms with van der Waals surface area (Å²) < 4.78 is 0. The van der Waals surface area contributed by atoms with Crippen LogP contribution in [0.4, 0.5) is 5.82 Å². The van der Waals surface area contributed by atoms with E-state index in [1.54, 1.807) is 18.5 Å². The number of anilines is 1. The van der Waals surface area contributed by atoms with Crippen molar-refractivity contribution < 1.29 is 9.90 Å². The minimum atomic E-state index is -0.431. The second-order valence-electron chi connectivity index (χ2n) is 7.27. The van der Waals surface area contributed by atoms with Crippen LogP contribution in [-0.2, 0) is 0 Å². The summed E-state index contributed by atoms with van der Waals surface area (Å²) in [6.45, 7) is 3.87. The van der Waals surface area contributed by atoms with Crippen LogP contribution in [0.2, 0.25) is 5.02 Å². The number of nitrogens with one attached hydrogen (secondary N) is 3. The largest absolute Gasteiger partial charge is 0.394 e. The van der Waals surface area contributed by atoms with Crippen molar-refractivity contribution in [1.82, 2.24) is 15.3 Å². The third-order valence-electron chi connectivity index (χ3n) is 4.62. The van der Waals surface area contributed by atoms with Gasteiger partial charge in [0.25, 0.3) is 5.91 Å². The Labute approximate surface area is 180 Å². The molecule has 0 fully saturated rings. The highest BCUT2D eigenvalue weighted by molar-refractivity contribution is 6.33. The predicted octanol–water partition coefficient (Wildman–Crippen LogP) is 4.34. The molecule has 0 saturated heterocycles. The Morgan fingerprint density at radius 1 is 1.38 bits per heavy atom. The molecule has 2 heterocycles. The van der Waals surface area contributed by atoms with E-state index in [4.69, 9.17) is 23.2 Å². The van der Waals surface area contributed by atoms with Crippen molar-refractivity contribution in [2.75, 3.05) is 11.9 Å². The molecule has 0 bridgehead atoms. The van der Waals surface area contributed by atoms with Gasteiger partial charge < -0.3 is 20.7 Å². The number of amides is 1. The van der Waals surface area contributed by atoms with Crippen molar-refractivity contribution in [3.8, 4) is 11.1 Å². The number of carbonyl (C=O) groups is 1. The Morgan fingerprint density at radius 3 is 2.86 bits per heavy atom. The molecule has 2 atom stereocenters. The van der Waals surface area contributed by atoms with Crippen LogP contribution in [0.1, 0.15) is 30.8 Å². The number of aromatic nitrogens is 2. The van der Waals surface area contributed by atoms with E-state index in [2.05, 4.69) is 20.6 Å². The Balaban J connectivity index is 1.75. The van der Waals surface area contributed by atoms with Crippen LogP contribution in [-0.4, -0.2) is 39.7 Å². The second-order valence-corrected chi connectivity index (χ2v) is 8.11. The molecule has 6 nitrogen and oxygen atoms in total. The molecule has 1 amide bonds. The van der Waals surface area contributed by atoms with Gasteiger partial charge in [-0.2, -0.15) is 0 Å². The van der Waals surface area contributed by atoms with Crippen molar-refractivity contribution in [3.05, 3.63) is 58.5 Å². The van der Waals surface area contributed by atoms with Gasteiger partial charge in [-0.3, -0.25) is 4.79 Å². The monoisotopic (exact) mass is 434 g/mol. The van der Waals surface area contributed by atoms with Crippen LogP contribution in [0.3, 0.4) is 0 Å². The van der Waals surface area contributed by atoms with Crippen molar-refractivity contribution in [1.29, 1.82) is 0 Å². The summed E-state index contributed by atoms with van der Waals surface area (Å²) in [7, 11) is 0. The Hall–Kier alpha value is -2.28. The fraction of sp³-hybridized carbons (Fsp3) is 0.333. The topological polar surface area (TPSA) is 90.0 Å². The highest BCUT2D eigenvalue weighted by Crippen LogP contribution is 2.30. The molecule has 154 valence electrons. The molecule has 0 saturated carbocycles. The zero-order valence-corrected chi connectivity index (χ0v) is 17.8. The molecule has 2 aromatic rings. The van der Waals surface area contributed by atoms with E-state index in [1.807, 2.05) is 38.1 Å². The second kappa shape index (κ2) is 9.48. The minimum Gasteiger partial charge on any atom is -0.394 e. The first kappa shape index (κ1) is 21.4. The molecule has 0 aromatic carbocycles. The molecule has 1 aliphatic carbocycles. The van der Waals surface area contributed by atoms with Gasteiger partial charge in [0.15, 0.2) is 0 Å². The van der Waals surface area contributed by atoms with Crippen molar-refractivity contribution in [2.45, 2.75) is 32.4 Å². The molecule has 3 rings (SSSR count). The van der Waals surface area contributed by atoms with E-state index in [-0.39, 0.29) is 24.5 Å². The Morgan fingerprint density at radius 2 is 2.17 bits per heavy atom. The number of pyridine rings is 1. The minimum absolute atomic E-state index is 0.0600. The molecule has 1 aliphatic rings. The molecule has 0 aliphatic heterocycles. The smallest absolute Gasteiger partial charge is 0.268 e. The van der Waals surface area contributed by atoms with Crippen LogP contribution < -0.4 is 10.6 Å².